The van der Waals surface area contributed by atoms with Gasteiger partial charge in [0.25, 0.3) is 5.91 Å². The van der Waals surface area contributed by atoms with Gasteiger partial charge in [-0.2, -0.15) is 5.10 Å². The van der Waals surface area contributed by atoms with Crippen LogP contribution in [0.1, 0.15) is 41.6 Å². The molecule has 1 amide bonds. The number of hydrogen-bond acceptors (Lipinski definition) is 5. The Labute approximate surface area is 196 Å². The van der Waals surface area contributed by atoms with Gasteiger partial charge in [0, 0.05) is 53.2 Å². The van der Waals surface area contributed by atoms with Gasteiger partial charge in [-0.15, -0.1) is 0 Å². The fraction of sp³-hybridized carbons (Fsp3) is 0.269. The summed E-state index contributed by atoms with van der Waals surface area (Å²) < 4.78 is 0. The zero-order valence-electron chi connectivity index (χ0n) is 18.9. The minimum Gasteiger partial charge on any atom is -0.352 e. The van der Waals surface area contributed by atoms with E-state index in [4.69, 9.17) is 0 Å². The number of aromatic nitrogens is 6. The average Bonchev–Trinajstić information content (AvgIpc) is 3.61. The van der Waals surface area contributed by atoms with Gasteiger partial charge < -0.3 is 10.3 Å². The Morgan fingerprint density at radius 3 is 2.85 bits per heavy atom. The highest BCUT2D eigenvalue weighted by molar-refractivity contribution is 5.99. The lowest BCUT2D eigenvalue weighted by Crippen LogP contribution is -2.29. The molecule has 170 valence electrons. The molecule has 5 heterocycles. The number of carbonyl (C=O) groups is 1. The molecule has 0 aliphatic heterocycles. The first-order valence-electron chi connectivity index (χ1n) is 11.7. The summed E-state index contributed by atoms with van der Waals surface area (Å²) in [6.45, 7) is 2.70. The fourth-order valence-corrected chi connectivity index (χ4v) is 4.95. The molecule has 8 heteroatoms. The molecule has 1 aliphatic rings. The number of rotatable bonds is 5. The fourth-order valence-electron chi connectivity index (χ4n) is 4.95. The SMILES string of the molecule is Cc1c(C(=O)NCC2CCCC2)cncc1-c1cnc2[nH]nc(-c3cc4ccncc4[nH]3)c2c1. The predicted octanol–water partition coefficient (Wildman–Crippen LogP) is 4.79. The molecule has 0 unspecified atom stereocenters. The lowest BCUT2D eigenvalue weighted by Gasteiger charge is -2.13. The Kier molecular flexibility index (Phi) is 5.05. The molecule has 1 aliphatic carbocycles. The van der Waals surface area contributed by atoms with Crippen LogP contribution in [-0.4, -0.2) is 42.6 Å². The van der Waals surface area contributed by atoms with Crippen LogP contribution in [0.2, 0.25) is 0 Å². The smallest absolute Gasteiger partial charge is 0.253 e. The number of hydrogen-bond donors (Lipinski definition) is 3. The molecule has 0 atom stereocenters. The van der Waals surface area contributed by atoms with Gasteiger partial charge >= 0.3 is 0 Å². The molecule has 3 N–H and O–H groups in total. The third-order valence-corrected chi connectivity index (χ3v) is 6.89. The van der Waals surface area contributed by atoms with Crippen LogP contribution < -0.4 is 5.32 Å². The summed E-state index contributed by atoms with van der Waals surface area (Å²) in [5.74, 6) is 0.524. The molecular formula is C26H25N7O. The van der Waals surface area contributed by atoms with Gasteiger partial charge in [0.1, 0.15) is 5.69 Å². The number of nitrogens with one attached hydrogen (secondary N) is 3. The lowest BCUT2D eigenvalue weighted by atomic mass is 9.99. The predicted molar refractivity (Wildman–Crippen MR) is 131 cm³/mol. The maximum absolute atomic E-state index is 12.9. The summed E-state index contributed by atoms with van der Waals surface area (Å²) in [5, 5.41) is 12.6. The van der Waals surface area contributed by atoms with Crippen LogP contribution in [-0.2, 0) is 0 Å². The third kappa shape index (κ3) is 3.61. The molecule has 5 aromatic heterocycles. The maximum atomic E-state index is 12.9. The molecule has 5 aromatic rings. The van der Waals surface area contributed by atoms with Crippen molar-refractivity contribution in [3.8, 4) is 22.5 Å². The normalized spacial score (nSPS) is 14.3. The molecule has 8 nitrogen and oxygen atoms in total. The van der Waals surface area contributed by atoms with E-state index in [2.05, 4.69) is 47.6 Å². The first-order valence-corrected chi connectivity index (χ1v) is 11.7. The molecule has 0 spiro atoms. The summed E-state index contributed by atoms with van der Waals surface area (Å²) in [6.07, 6.45) is 13.7. The monoisotopic (exact) mass is 451 g/mol. The number of nitrogens with zero attached hydrogens (tertiary/aromatic N) is 4. The van der Waals surface area contributed by atoms with Crippen molar-refractivity contribution < 1.29 is 4.79 Å². The third-order valence-electron chi connectivity index (χ3n) is 6.89. The van der Waals surface area contributed by atoms with E-state index in [0.29, 0.717) is 17.1 Å². The van der Waals surface area contributed by atoms with Gasteiger partial charge in [-0.25, -0.2) is 4.98 Å². The van der Waals surface area contributed by atoms with Crippen LogP contribution in [0, 0.1) is 12.8 Å². The summed E-state index contributed by atoms with van der Waals surface area (Å²) >= 11 is 0. The standard InChI is InChI=1S/C26H25N7O/c1-15-20(12-28-13-21(15)26(34)30-10-16-4-2-3-5-16)18-8-19-24(32-33-25(19)29-11-18)22-9-17-6-7-27-14-23(17)31-22/h6-9,11-14,16,31H,2-5,10H2,1H3,(H,30,34)(H,29,32,33). The Morgan fingerprint density at radius 2 is 2.00 bits per heavy atom. The highest BCUT2D eigenvalue weighted by Crippen LogP contribution is 2.32. The molecule has 0 bridgehead atoms. The van der Waals surface area contributed by atoms with E-state index in [9.17, 15) is 4.79 Å². The van der Waals surface area contributed by atoms with Crippen LogP contribution in [0.15, 0.2) is 49.2 Å². The second-order valence-electron chi connectivity index (χ2n) is 9.06. The quantitative estimate of drug-likeness (QED) is 0.356. The van der Waals surface area contributed by atoms with Gasteiger partial charge in [-0.1, -0.05) is 12.8 Å². The van der Waals surface area contributed by atoms with Crippen molar-refractivity contribution in [3.05, 3.63) is 60.3 Å². The molecule has 0 radical (unpaired) electrons. The van der Waals surface area contributed by atoms with Crippen molar-refractivity contribution >= 4 is 27.8 Å². The molecule has 0 saturated heterocycles. The lowest BCUT2D eigenvalue weighted by molar-refractivity contribution is 0.0946. The number of fused-ring (bicyclic) bond motifs is 2. The van der Waals surface area contributed by atoms with Gasteiger partial charge in [-0.05, 0) is 49.4 Å². The Morgan fingerprint density at radius 1 is 1.12 bits per heavy atom. The summed E-state index contributed by atoms with van der Waals surface area (Å²) in [5.41, 5.74) is 6.60. The van der Waals surface area contributed by atoms with Crippen molar-refractivity contribution in [2.75, 3.05) is 6.54 Å². The van der Waals surface area contributed by atoms with Crippen molar-refractivity contribution in [1.29, 1.82) is 0 Å². The van der Waals surface area contributed by atoms with Gasteiger partial charge in [0.2, 0.25) is 0 Å². The number of pyridine rings is 3. The number of carbonyl (C=O) groups excluding carboxylic acids is 1. The largest absolute Gasteiger partial charge is 0.352 e. The van der Waals surface area contributed by atoms with Crippen molar-refractivity contribution in [2.45, 2.75) is 32.6 Å². The van der Waals surface area contributed by atoms with E-state index in [0.717, 1.165) is 50.9 Å². The molecule has 1 saturated carbocycles. The van der Waals surface area contributed by atoms with E-state index >= 15 is 0 Å². The minimum atomic E-state index is -0.0662. The summed E-state index contributed by atoms with van der Waals surface area (Å²) in [4.78, 5) is 29.4. The Bertz CT molecular complexity index is 1480. The van der Waals surface area contributed by atoms with Crippen molar-refractivity contribution in [1.82, 2.24) is 35.5 Å². The highest BCUT2D eigenvalue weighted by atomic mass is 16.1. The van der Waals surface area contributed by atoms with E-state index in [1.54, 1.807) is 31.0 Å². The average molecular weight is 452 g/mol. The van der Waals surface area contributed by atoms with E-state index < -0.39 is 0 Å². The van der Waals surface area contributed by atoms with Crippen LogP contribution in [0.4, 0.5) is 0 Å². The van der Waals surface area contributed by atoms with Crippen LogP contribution in [0.3, 0.4) is 0 Å². The second-order valence-corrected chi connectivity index (χ2v) is 9.06. The van der Waals surface area contributed by atoms with Gasteiger partial charge in [0.05, 0.1) is 23.0 Å². The first kappa shape index (κ1) is 20.5. The number of aromatic amines is 2. The summed E-state index contributed by atoms with van der Waals surface area (Å²) in [7, 11) is 0. The zero-order chi connectivity index (χ0) is 23.1. The maximum Gasteiger partial charge on any atom is 0.253 e. The molecule has 0 aromatic carbocycles. The van der Waals surface area contributed by atoms with Gasteiger partial charge in [-0.3, -0.25) is 19.9 Å². The van der Waals surface area contributed by atoms with Crippen LogP contribution in [0.5, 0.6) is 0 Å². The topological polar surface area (TPSA) is 112 Å². The first-order chi connectivity index (χ1) is 16.7. The Balaban J connectivity index is 1.34. The summed E-state index contributed by atoms with van der Waals surface area (Å²) in [6, 6.07) is 6.07. The van der Waals surface area contributed by atoms with Crippen molar-refractivity contribution in [3.63, 3.8) is 0 Å². The van der Waals surface area contributed by atoms with E-state index in [1.165, 1.54) is 25.7 Å². The Hall–Kier alpha value is -4.07. The van der Waals surface area contributed by atoms with E-state index in [1.807, 2.05) is 13.0 Å². The number of H-pyrrole nitrogens is 2. The van der Waals surface area contributed by atoms with Crippen molar-refractivity contribution in [2.24, 2.45) is 5.92 Å². The number of amides is 1. The molecule has 1 fully saturated rings. The van der Waals surface area contributed by atoms with Crippen LogP contribution >= 0.6 is 0 Å². The van der Waals surface area contributed by atoms with E-state index in [-0.39, 0.29) is 5.91 Å². The second kappa shape index (κ2) is 8.37. The highest BCUT2D eigenvalue weighted by Gasteiger charge is 2.19. The van der Waals surface area contributed by atoms with Crippen LogP contribution in [0.25, 0.3) is 44.5 Å². The molecular weight excluding hydrogens is 426 g/mol. The van der Waals surface area contributed by atoms with Gasteiger partial charge in [0.15, 0.2) is 5.65 Å². The minimum absolute atomic E-state index is 0.0662. The molecule has 34 heavy (non-hydrogen) atoms. The molecule has 6 rings (SSSR count). The zero-order valence-corrected chi connectivity index (χ0v) is 18.9.